The largest absolute Gasteiger partial charge is 0.382 e. The van der Waals surface area contributed by atoms with Crippen molar-refractivity contribution in [2.45, 2.75) is 6.92 Å². The molecule has 0 bridgehead atoms. The van der Waals surface area contributed by atoms with Crippen LogP contribution < -0.4 is 16.2 Å². The van der Waals surface area contributed by atoms with Gasteiger partial charge in [0.1, 0.15) is 17.3 Å². The van der Waals surface area contributed by atoms with Crippen molar-refractivity contribution in [3.05, 3.63) is 64.8 Å². The number of aryl methyl sites for hydroxylation is 1. The summed E-state index contributed by atoms with van der Waals surface area (Å²) in [6, 6.07) is 13.8. The lowest BCUT2D eigenvalue weighted by atomic mass is 10.1. The number of anilines is 2. The molecule has 2 aromatic carbocycles. The summed E-state index contributed by atoms with van der Waals surface area (Å²) in [6.07, 6.45) is 1.69. The first-order valence-corrected chi connectivity index (χ1v) is 10.7. The van der Waals surface area contributed by atoms with Gasteiger partial charge in [0.2, 0.25) is 0 Å². The SMILES string of the molecule is Cc1nc2cc(-c3nc(-c4ccc(N5CCN(C)CC5)cc4)cnc3N)ccc2c(=O)[nH]1. The van der Waals surface area contributed by atoms with E-state index < -0.39 is 0 Å². The second kappa shape index (κ2) is 8.05. The van der Waals surface area contributed by atoms with Crippen LogP contribution >= 0.6 is 0 Å². The fourth-order valence-corrected chi connectivity index (χ4v) is 4.06. The van der Waals surface area contributed by atoms with Gasteiger partial charge in [-0.05, 0) is 38.2 Å². The molecule has 1 aliphatic heterocycles. The minimum Gasteiger partial charge on any atom is -0.382 e. The summed E-state index contributed by atoms with van der Waals surface area (Å²) in [5.74, 6) is 0.900. The Bertz CT molecular complexity index is 1340. The van der Waals surface area contributed by atoms with E-state index in [1.165, 1.54) is 5.69 Å². The van der Waals surface area contributed by atoms with Crippen molar-refractivity contribution >= 4 is 22.4 Å². The number of hydrogen-bond acceptors (Lipinski definition) is 7. The lowest BCUT2D eigenvalue weighted by Crippen LogP contribution is -2.44. The third-order valence-electron chi connectivity index (χ3n) is 5.93. The van der Waals surface area contributed by atoms with Crippen LogP contribution in [0.15, 0.2) is 53.5 Å². The Morgan fingerprint density at radius 3 is 2.44 bits per heavy atom. The molecule has 32 heavy (non-hydrogen) atoms. The van der Waals surface area contributed by atoms with Gasteiger partial charge in [0, 0.05) is 43.0 Å². The van der Waals surface area contributed by atoms with E-state index >= 15 is 0 Å². The first-order chi connectivity index (χ1) is 15.5. The third-order valence-corrected chi connectivity index (χ3v) is 5.93. The second-order valence-electron chi connectivity index (χ2n) is 8.21. The van der Waals surface area contributed by atoms with E-state index in [-0.39, 0.29) is 5.56 Å². The fraction of sp³-hybridized carbons (Fsp3) is 0.250. The maximum absolute atomic E-state index is 12.2. The summed E-state index contributed by atoms with van der Waals surface area (Å²) in [7, 11) is 2.16. The predicted octanol–water partition coefficient (Wildman–Crippen LogP) is 2.69. The van der Waals surface area contributed by atoms with Gasteiger partial charge in [-0.25, -0.2) is 15.0 Å². The van der Waals surface area contributed by atoms with E-state index in [1.807, 2.05) is 12.1 Å². The molecule has 1 aliphatic rings. The Hall–Kier alpha value is -3.78. The summed E-state index contributed by atoms with van der Waals surface area (Å²) < 4.78 is 0. The summed E-state index contributed by atoms with van der Waals surface area (Å²) in [4.78, 5) is 33.2. The van der Waals surface area contributed by atoms with Crippen molar-refractivity contribution in [3.8, 4) is 22.5 Å². The molecular weight excluding hydrogens is 402 g/mol. The topological polar surface area (TPSA) is 104 Å². The van der Waals surface area contributed by atoms with Crippen LogP contribution in [-0.2, 0) is 0 Å². The molecule has 0 spiro atoms. The lowest BCUT2D eigenvalue weighted by Gasteiger charge is -2.34. The number of likely N-dealkylation sites (N-methyl/N-ethyl adjacent to an activating group) is 1. The highest BCUT2D eigenvalue weighted by atomic mass is 16.1. The van der Waals surface area contributed by atoms with Crippen molar-refractivity contribution in [2.75, 3.05) is 43.9 Å². The highest BCUT2D eigenvalue weighted by molar-refractivity contribution is 5.85. The average molecular weight is 428 g/mol. The summed E-state index contributed by atoms with van der Waals surface area (Å²) in [6.45, 7) is 5.95. The first kappa shape index (κ1) is 20.1. The molecule has 0 radical (unpaired) electrons. The molecule has 8 nitrogen and oxygen atoms in total. The fourth-order valence-electron chi connectivity index (χ4n) is 4.06. The molecule has 0 atom stereocenters. The monoisotopic (exact) mass is 427 g/mol. The molecule has 8 heteroatoms. The number of aromatic amines is 1. The van der Waals surface area contributed by atoms with Crippen LogP contribution in [0, 0.1) is 6.92 Å². The third kappa shape index (κ3) is 3.80. The molecule has 3 N–H and O–H groups in total. The van der Waals surface area contributed by atoms with Gasteiger partial charge in [0.25, 0.3) is 5.56 Å². The zero-order valence-electron chi connectivity index (χ0n) is 18.2. The second-order valence-corrected chi connectivity index (χ2v) is 8.21. The maximum Gasteiger partial charge on any atom is 0.258 e. The Kier molecular flexibility index (Phi) is 5.07. The minimum atomic E-state index is -0.160. The Morgan fingerprint density at radius 1 is 0.969 bits per heavy atom. The number of hydrogen-bond donors (Lipinski definition) is 2. The van der Waals surface area contributed by atoms with Gasteiger partial charge in [0.15, 0.2) is 0 Å². The predicted molar refractivity (Wildman–Crippen MR) is 128 cm³/mol. The molecule has 0 saturated carbocycles. The number of piperazine rings is 1. The van der Waals surface area contributed by atoms with Crippen molar-refractivity contribution < 1.29 is 0 Å². The summed E-state index contributed by atoms with van der Waals surface area (Å²) in [5, 5.41) is 0.529. The molecule has 0 amide bonds. The van der Waals surface area contributed by atoms with Crippen LogP contribution in [0.3, 0.4) is 0 Å². The van der Waals surface area contributed by atoms with Gasteiger partial charge < -0.3 is 20.5 Å². The van der Waals surface area contributed by atoms with Gasteiger partial charge in [0.05, 0.1) is 22.8 Å². The molecule has 1 fully saturated rings. The van der Waals surface area contributed by atoms with Crippen molar-refractivity contribution in [1.82, 2.24) is 24.8 Å². The van der Waals surface area contributed by atoms with Crippen LogP contribution in [0.5, 0.6) is 0 Å². The molecule has 0 unspecified atom stereocenters. The van der Waals surface area contributed by atoms with Crippen molar-refractivity contribution in [2.24, 2.45) is 0 Å². The number of nitrogens with one attached hydrogen (secondary N) is 1. The van der Waals surface area contributed by atoms with Gasteiger partial charge in [-0.3, -0.25) is 4.79 Å². The lowest BCUT2D eigenvalue weighted by molar-refractivity contribution is 0.313. The van der Waals surface area contributed by atoms with Crippen molar-refractivity contribution in [3.63, 3.8) is 0 Å². The van der Waals surface area contributed by atoms with Crippen LogP contribution in [0.4, 0.5) is 11.5 Å². The minimum absolute atomic E-state index is 0.160. The van der Waals surface area contributed by atoms with Gasteiger partial charge in [-0.2, -0.15) is 0 Å². The maximum atomic E-state index is 12.2. The highest BCUT2D eigenvalue weighted by Gasteiger charge is 2.15. The van der Waals surface area contributed by atoms with E-state index in [1.54, 1.807) is 19.2 Å². The van der Waals surface area contributed by atoms with Crippen LogP contribution in [0.25, 0.3) is 33.4 Å². The summed E-state index contributed by atoms with van der Waals surface area (Å²) in [5.41, 5.74) is 10.9. The number of nitrogens with two attached hydrogens (primary N) is 1. The van der Waals surface area contributed by atoms with Gasteiger partial charge in [-0.15, -0.1) is 0 Å². The average Bonchev–Trinajstić information content (AvgIpc) is 2.79. The number of aromatic nitrogens is 4. The van der Waals surface area contributed by atoms with E-state index in [9.17, 15) is 4.79 Å². The van der Waals surface area contributed by atoms with E-state index in [2.05, 4.69) is 56.1 Å². The summed E-state index contributed by atoms with van der Waals surface area (Å²) >= 11 is 0. The van der Waals surface area contributed by atoms with E-state index in [0.717, 1.165) is 43.0 Å². The number of nitrogen functional groups attached to an aromatic ring is 1. The molecule has 4 aromatic rings. The molecule has 162 valence electrons. The van der Waals surface area contributed by atoms with Crippen LogP contribution in [0.1, 0.15) is 5.82 Å². The number of rotatable bonds is 3. The normalized spacial score (nSPS) is 14.8. The first-order valence-electron chi connectivity index (χ1n) is 10.7. The number of H-pyrrole nitrogens is 1. The zero-order valence-corrected chi connectivity index (χ0v) is 18.2. The standard InChI is InChI=1S/C24H25N7O/c1-15-27-20-13-17(5-8-19(20)24(32)28-15)22-23(25)26-14-21(29-22)16-3-6-18(7-4-16)31-11-9-30(2)10-12-31/h3-8,13-14H,9-12H2,1-2H3,(H2,25,26)(H,27,28,32). The van der Waals surface area contributed by atoms with E-state index in [4.69, 9.17) is 10.7 Å². The Morgan fingerprint density at radius 2 is 1.69 bits per heavy atom. The van der Waals surface area contributed by atoms with Crippen LogP contribution in [-0.4, -0.2) is 58.1 Å². The molecule has 0 aliphatic carbocycles. The molecule has 5 rings (SSSR count). The quantitative estimate of drug-likeness (QED) is 0.518. The molecule has 2 aromatic heterocycles. The number of fused-ring (bicyclic) bond motifs is 1. The van der Waals surface area contributed by atoms with Gasteiger partial charge in [-0.1, -0.05) is 18.2 Å². The Balaban J connectivity index is 1.48. The van der Waals surface area contributed by atoms with Crippen molar-refractivity contribution in [1.29, 1.82) is 0 Å². The van der Waals surface area contributed by atoms with E-state index in [0.29, 0.717) is 28.2 Å². The molecule has 1 saturated heterocycles. The zero-order chi connectivity index (χ0) is 22.2. The van der Waals surface area contributed by atoms with Gasteiger partial charge >= 0.3 is 0 Å². The smallest absolute Gasteiger partial charge is 0.258 e. The number of benzene rings is 2. The molecule has 3 heterocycles. The molecular formula is C24H25N7O. The Labute approximate surface area is 185 Å². The highest BCUT2D eigenvalue weighted by Crippen LogP contribution is 2.28. The van der Waals surface area contributed by atoms with Crippen LogP contribution in [0.2, 0.25) is 0 Å². The number of nitrogens with zero attached hydrogens (tertiary/aromatic N) is 5.